The van der Waals surface area contributed by atoms with Crippen LogP contribution in [0.25, 0.3) is 0 Å². The summed E-state index contributed by atoms with van der Waals surface area (Å²) in [6.07, 6.45) is 0.820. The number of nitrogens with zero attached hydrogens (tertiary/aromatic N) is 1. The van der Waals surface area contributed by atoms with Gasteiger partial charge in [0.2, 0.25) is 0 Å². The van der Waals surface area contributed by atoms with Crippen molar-refractivity contribution in [2.24, 2.45) is 0 Å². The van der Waals surface area contributed by atoms with E-state index >= 15 is 0 Å². The first-order valence-corrected chi connectivity index (χ1v) is 7.27. The smallest absolute Gasteiger partial charge is 0.310 e. The standard InChI is InChI=1S/C16H18N2O5/c1-3-11(2)17-16(19)15-9-8-12(23-15)10-22-14-7-5-4-6-13(14)18(20)21/h4-9,11H,3,10H2,1-2H3,(H,17,19). The van der Waals surface area contributed by atoms with Crippen LogP contribution in [0.4, 0.5) is 5.69 Å². The van der Waals surface area contributed by atoms with Gasteiger partial charge < -0.3 is 14.5 Å². The second kappa shape index (κ2) is 7.44. The third-order valence-electron chi connectivity index (χ3n) is 3.31. The van der Waals surface area contributed by atoms with Crippen molar-refractivity contribution in [1.82, 2.24) is 5.32 Å². The van der Waals surface area contributed by atoms with Gasteiger partial charge in [0.15, 0.2) is 11.5 Å². The molecular formula is C16H18N2O5. The van der Waals surface area contributed by atoms with Gasteiger partial charge in [-0.25, -0.2) is 0 Å². The van der Waals surface area contributed by atoms with E-state index in [0.717, 1.165) is 6.42 Å². The molecule has 1 aromatic heterocycles. The van der Waals surface area contributed by atoms with Crippen LogP contribution in [0.2, 0.25) is 0 Å². The molecule has 1 unspecified atom stereocenters. The fraction of sp³-hybridized carbons (Fsp3) is 0.312. The summed E-state index contributed by atoms with van der Waals surface area (Å²) in [7, 11) is 0. The van der Waals surface area contributed by atoms with E-state index in [-0.39, 0.29) is 35.8 Å². The van der Waals surface area contributed by atoms with E-state index in [2.05, 4.69) is 5.32 Å². The van der Waals surface area contributed by atoms with Gasteiger partial charge in [0, 0.05) is 12.1 Å². The average Bonchev–Trinajstić information content (AvgIpc) is 3.02. The zero-order valence-electron chi connectivity index (χ0n) is 12.9. The van der Waals surface area contributed by atoms with Gasteiger partial charge in [0.05, 0.1) is 4.92 Å². The molecule has 1 N–H and O–H groups in total. The highest BCUT2D eigenvalue weighted by molar-refractivity contribution is 5.91. The quantitative estimate of drug-likeness (QED) is 0.624. The Morgan fingerprint density at radius 1 is 1.35 bits per heavy atom. The first-order chi connectivity index (χ1) is 11.0. The predicted octanol–water partition coefficient (Wildman–Crippen LogP) is 3.30. The van der Waals surface area contributed by atoms with E-state index in [9.17, 15) is 14.9 Å². The van der Waals surface area contributed by atoms with Crippen molar-refractivity contribution in [3.63, 3.8) is 0 Å². The molecule has 0 saturated heterocycles. The highest BCUT2D eigenvalue weighted by Crippen LogP contribution is 2.26. The molecule has 2 rings (SSSR count). The summed E-state index contributed by atoms with van der Waals surface area (Å²) in [5.41, 5.74) is -0.117. The Morgan fingerprint density at radius 2 is 2.09 bits per heavy atom. The maximum atomic E-state index is 11.9. The molecule has 1 amide bonds. The van der Waals surface area contributed by atoms with E-state index < -0.39 is 4.92 Å². The summed E-state index contributed by atoms with van der Waals surface area (Å²) in [5, 5.41) is 13.7. The number of furan rings is 1. The number of para-hydroxylation sites is 2. The van der Waals surface area contributed by atoms with Crippen molar-refractivity contribution >= 4 is 11.6 Å². The molecule has 0 radical (unpaired) electrons. The van der Waals surface area contributed by atoms with Gasteiger partial charge in [-0.05, 0) is 31.5 Å². The number of amides is 1. The Bertz CT molecular complexity index is 695. The second-order valence-electron chi connectivity index (χ2n) is 5.06. The lowest BCUT2D eigenvalue weighted by Gasteiger charge is -2.09. The number of nitro groups is 1. The van der Waals surface area contributed by atoms with E-state index in [1.807, 2.05) is 13.8 Å². The molecule has 1 aromatic carbocycles. The van der Waals surface area contributed by atoms with E-state index in [1.54, 1.807) is 24.3 Å². The number of benzene rings is 1. The minimum absolute atomic E-state index is 0.00145. The SMILES string of the molecule is CCC(C)NC(=O)c1ccc(COc2ccccc2[N+](=O)[O-])o1. The predicted molar refractivity (Wildman–Crippen MR) is 83.4 cm³/mol. The zero-order valence-corrected chi connectivity index (χ0v) is 12.9. The minimum atomic E-state index is -0.511. The molecule has 0 saturated carbocycles. The van der Waals surface area contributed by atoms with Gasteiger partial charge in [-0.15, -0.1) is 0 Å². The summed E-state index contributed by atoms with van der Waals surface area (Å²) in [6, 6.07) is 9.31. The Morgan fingerprint density at radius 3 is 2.78 bits per heavy atom. The molecule has 0 aliphatic heterocycles. The molecule has 0 bridgehead atoms. The van der Waals surface area contributed by atoms with Crippen LogP contribution in [-0.4, -0.2) is 16.9 Å². The van der Waals surface area contributed by atoms with Crippen LogP contribution in [0.15, 0.2) is 40.8 Å². The van der Waals surface area contributed by atoms with Crippen molar-refractivity contribution in [2.45, 2.75) is 32.9 Å². The van der Waals surface area contributed by atoms with Crippen LogP contribution in [-0.2, 0) is 6.61 Å². The fourth-order valence-electron chi connectivity index (χ4n) is 1.85. The number of carbonyl (C=O) groups excluding carboxylic acids is 1. The van der Waals surface area contributed by atoms with Gasteiger partial charge in [-0.3, -0.25) is 14.9 Å². The molecule has 0 aliphatic rings. The van der Waals surface area contributed by atoms with Crippen molar-refractivity contribution in [3.8, 4) is 5.75 Å². The number of nitro benzene ring substituents is 1. The van der Waals surface area contributed by atoms with Crippen LogP contribution in [0, 0.1) is 10.1 Å². The minimum Gasteiger partial charge on any atom is -0.479 e. The number of carbonyl (C=O) groups is 1. The highest BCUT2D eigenvalue weighted by atomic mass is 16.6. The Kier molecular flexibility index (Phi) is 5.35. The molecule has 7 nitrogen and oxygen atoms in total. The Balaban J connectivity index is 2.00. The number of nitrogens with one attached hydrogen (secondary N) is 1. The van der Waals surface area contributed by atoms with Crippen molar-refractivity contribution < 1.29 is 18.9 Å². The maximum absolute atomic E-state index is 11.9. The fourth-order valence-corrected chi connectivity index (χ4v) is 1.85. The van der Waals surface area contributed by atoms with Crippen LogP contribution in [0.3, 0.4) is 0 Å². The van der Waals surface area contributed by atoms with Gasteiger partial charge in [-0.2, -0.15) is 0 Å². The summed E-state index contributed by atoms with van der Waals surface area (Å²) in [5.74, 6) is 0.458. The lowest BCUT2D eigenvalue weighted by Crippen LogP contribution is -2.31. The zero-order chi connectivity index (χ0) is 16.8. The van der Waals surface area contributed by atoms with Gasteiger partial charge in [-0.1, -0.05) is 19.1 Å². The average molecular weight is 318 g/mol. The van der Waals surface area contributed by atoms with Crippen molar-refractivity contribution in [2.75, 3.05) is 0 Å². The van der Waals surface area contributed by atoms with Crippen molar-refractivity contribution in [3.05, 3.63) is 58.0 Å². The molecule has 23 heavy (non-hydrogen) atoms. The third kappa shape index (κ3) is 4.32. The molecule has 0 aliphatic carbocycles. The van der Waals surface area contributed by atoms with Crippen LogP contribution in [0.5, 0.6) is 5.75 Å². The molecule has 1 heterocycles. The van der Waals surface area contributed by atoms with Crippen LogP contribution >= 0.6 is 0 Å². The van der Waals surface area contributed by atoms with Gasteiger partial charge in [0.1, 0.15) is 12.4 Å². The first-order valence-electron chi connectivity index (χ1n) is 7.27. The first kappa shape index (κ1) is 16.5. The lowest BCUT2D eigenvalue weighted by atomic mass is 10.2. The number of hydrogen-bond acceptors (Lipinski definition) is 5. The normalized spacial score (nSPS) is 11.7. The van der Waals surface area contributed by atoms with Crippen LogP contribution < -0.4 is 10.1 Å². The summed E-state index contributed by atoms with van der Waals surface area (Å²) < 4.78 is 10.8. The molecule has 7 heteroatoms. The number of hydrogen-bond donors (Lipinski definition) is 1. The third-order valence-corrected chi connectivity index (χ3v) is 3.31. The summed E-state index contributed by atoms with van der Waals surface area (Å²) >= 11 is 0. The topological polar surface area (TPSA) is 94.6 Å². The maximum Gasteiger partial charge on any atom is 0.310 e. The van der Waals surface area contributed by atoms with Crippen molar-refractivity contribution in [1.29, 1.82) is 0 Å². The van der Waals surface area contributed by atoms with E-state index in [1.165, 1.54) is 12.1 Å². The Hall–Kier alpha value is -2.83. The van der Waals surface area contributed by atoms with Crippen LogP contribution in [0.1, 0.15) is 36.6 Å². The second-order valence-corrected chi connectivity index (χ2v) is 5.06. The molecular weight excluding hydrogens is 300 g/mol. The summed E-state index contributed by atoms with van der Waals surface area (Å²) in [4.78, 5) is 22.3. The molecule has 0 spiro atoms. The largest absolute Gasteiger partial charge is 0.479 e. The van der Waals surface area contributed by atoms with Gasteiger partial charge >= 0.3 is 5.69 Å². The number of ether oxygens (including phenoxy) is 1. The molecule has 1 atom stereocenters. The summed E-state index contributed by atoms with van der Waals surface area (Å²) in [6.45, 7) is 3.87. The van der Waals surface area contributed by atoms with Gasteiger partial charge in [0.25, 0.3) is 5.91 Å². The molecule has 2 aromatic rings. The van der Waals surface area contributed by atoms with E-state index in [0.29, 0.717) is 5.76 Å². The number of rotatable bonds is 7. The Labute approximate surface area is 133 Å². The molecule has 0 fully saturated rings. The lowest BCUT2D eigenvalue weighted by molar-refractivity contribution is -0.386. The monoisotopic (exact) mass is 318 g/mol. The molecule has 122 valence electrons. The highest BCUT2D eigenvalue weighted by Gasteiger charge is 2.16. The van der Waals surface area contributed by atoms with E-state index in [4.69, 9.17) is 9.15 Å².